The monoisotopic (exact) mass is 443 g/mol. The Morgan fingerprint density at radius 3 is 2.56 bits per heavy atom. The van der Waals surface area contributed by atoms with Gasteiger partial charge in [0.25, 0.3) is 11.5 Å². The van der Waals surface area contributed by atoms with Gasteiger partial charge < -0.3 is 14.8 Å². The first-order chi connectivity index (χ1) is 15.3. The molecule has 0 unspecified atom stereocenters. The zero-order chi connectivity index (χ0) is 23.3. The van der Waals surface area contributed by atoms with Crippen molar-refractivity contribution in [3.8, 4) is 11.4 Å². The number of nitrogens with zero attached hydrogens (tertiary/aromatic N) is 2. The highest BCUT2D eigenvalue weighted by Gasteiger charge is 2.21. The maximum Gasteiger partial charge on any atom is 0.362 e. The van der Waals surface area contributed by atoms with Crippen molar-refractivity contribution in [1.29, 1.82) is 0 Å². The van der Waals surface area contributed by atoms with Crippen LogP contribution in [0, 0.1) is 18.6 Å². The van der Waals surface area contributed by atoms with Crippen LogP contribution in [0.5, 0.6) is 5.75 Å². The third-order valence-corrected chi connectivity index (χ3v) is 4.27. The smallest absolute Gasteiger partial charge is 0.362 e. The number of aromatic nitrogens is 2. The lowest BCUT2D eigenvalue weighted by Crippen LogP contribution is -2.27. The molecule has 0 aliphatic rings. The molecule has 0 spiro atoms. The van der Waals surface area contributed by atoms with Crippen LogP contribution in [0.1, 0.15) is 23.0 Å². The highest BCUT2D eigenvalue weighted by Crippen LogP contribution is 2.19. The van der Waals surface area contributed by atoms with Gasteiger partial charge in [0.05, 0.1) is 24.0 Å². The van der Waals surface area contributed by atoms with Crippen LogP contribution in [0.3, 0.4) is 0 Å². The quantitative estimate of drug-likeness (QED) is 0.564. The summed E-state index contributed by atoms with van der Waals surface area (Å²) in [7, 11) is 0. The van der Waals surface area contributed by atoms with Crippen LogP contribution in [-0.4, -0.2) is 34.9 Å². The zero-order valence-electron chi connectivity index (χ0n) is 17.2. The number of halogens is 2. The van der Waals surface area contributed by atoms with Crippen molar-refractivity contribution < 1.29 is 27.8 Å². The lowest BCUT2D eigenvalue weighted by atomic mass is 10.2. The van der Waals surface area contributed by atoms with Crippen LogP contribution in [0.2, 0.25) is 0 Å². The van der Waals surface area contributed by atoms with E-state index in [1.807, 2.05) is 0 Å². The Kier molecular flexibility index (Phi) is 6.93. The number of carbonyl (C=O) groups excluding carboxylic acids is 2. The second-order valence-electron chi connectivity index (χ2n) is 6.58. The minimum atomic E-state index is -0.965. The van der Waals surface area contributed by atoms with Gasteiger partial charge in [0.1, 0.15) is 11.6 Å². The van der Waals surface area contributed by atoms with E-state index in [4.69, 9.17) is 9.47 Å². The van der Waals surface area contributed by atoms with E-state index in [-0.39, 0.29) is 23.7 Å². The van der Waals surface area contributed by atoms with Gasteiger partial charge in [0.15, 0.2) is 12.4 Å². The van der Waals surface area contributed by atoms with Crippen molar-refractivity contribution in [2.75, 3.05) is 18.5 Å². The molecule has 0 saturated carbocycles. The van der Waals surface area contributed by atoms with Crippen LogP contribution < -0.4 is 15.6 Å². The molecular weight excluding hydrogens is 424 g/mol. The van der Waals surface area contributed by atoms with Crippen LogP contribution in [0.25, 0.3) is 5.69 Å². The van der Waals surface area contributed by atoms with E-state index >= 15 is 0 Å². The van der Waals surface area contributed by atoms with Crippen molar-refractivity contribution >= 4 is 17.6 Å². The lowest BCUT2D eigenvalue weighted by Gasteiger charge is -2.13. The van der Waals surface area contributed by atoms with Gasteiger partial charge in [-0.2, -0.15) is 9.78 Å². The Bertz CT molecular complexity index is 1230. The van der Waals surface area contributed by atoms with E-state index < -0.39 is 35.7 Å². The van der Waals surface area contributed by atoms with Crippen molar-refractivity contribution in [3.05, 3.63) is 81.8 Å². The first kappa shape index (κ1) is 22.6. The minimum absolute atomic E-state index is 0.0494. The molecule has 0 aliphatic heterocycles. The van der Waals surface area contributed by atoms with Crippen LogP contribution in [0.15, 0.2) is 53.3 Å². The number of ether oxygens (including phenoxy) is 2. The lowest BCUT2D eigenvalue weighted by molar-refractivity contribution is -0.118. The number of para-hydroxylation sites is 1. The van der Waals surface area contributed by atoms with E-state index in [9.17, 15) is 23.2 Å². The molecule has 10 heteroatoms. The molecular formula is C22H19F2N3O5. The average Bonchev–Trinajstić information content (AvgIpc) is 2.75. The number of esters is 1. The third kappa shape index (κ3) is 5.15. The standard InChI is InChI=1S/C22H19F2N3O5/c1-3-31-22(30)21-18(11-20(29)27(26-21)17-7-5-4-6-13(17)2)32-12-19(28)25-16-9-8-14(23)10-15(16)24/h4-11H,3,12H2,1-2H3,(H,25,28). The highest BCUT2D eigenvalue weighted by atomic mass is 19.1. The van der Waals surface area contributed by atoms with Gasteiger partial charge in [-0.25, -0.2) is 13.6 Å². The molecule has 1 aromatic heterocycles. The summed E-state index contributed by atoms with van der Waals surface area (Å²) in [5.74, 6) is -3.68. The maximum absolute atomic E-state index is 13.7. The van der Waals surface area contributed by atoms with Gasteiger partial charge in [-0.15, -0.1) is 0 Å². The minimum Gasteiger partial charge on any atom is -0.481 e. The number of hydrogen-bond acceptors (Lipinski definition) is 6. The number of aryl methyl sites for hydroxylation is 1. The fourth-order valence-electron chi connectivity index (χ4n) is 2.79. The topological polar surface area (TPSA) is 99.5 Å². The van der Waals surface area contributed by atoms with Crippen LogP contribution in [-0.2, 0) is 9.53 Å². The first-order valence-electron chi connectivity index (χ1n) is 9.55. The molecule has 0 fully saturated rings. The summed E-state index contributed by atoms with van der Waals surface area (Å²) < 4.78 is 38.0. The first-order valence-corrected chi connectivity index (χ1v) is 9.55. The summed E-state index contributed by atoms with van der Waals surface area (Å²) in [4.78, 5) is 37.1. The summed E-state index contributed by atoms with van der Waals surface area (Å²) >= 11 is 0. The van der Waals surface area contributed by atoms with Crippen molar-refractivity contribution in [3.63, 3.8) is 0 Å². The Morgan fingerprint density at radius 1 is 1.12 bits per heavy atom. The van der Waals surface area contributed by atoms with Crippen molar-refractivity contribution in [2.24, 2.45) is 0 Å². The number of benzene rings is 2. The van der Waals surface area contributed by atoms with Gasteiger partial charge >= 0.3 is 5.97 Å². The van der Waals surface area contributed by atoms with Crippen molar-refractivity contribution in [1.82, 2.24) is 9.78 Å². The zero-order valence-corrected chi connectivity index (χ0v) is 17.2. The van der Waals surface area contributed by atoms with E-state index in [1.165, 1.54) is 0 Å². The molecule has 0 radical (unpaired) electrons. The SMILES string of the molecule is CCOC(=O)c1nn(-c2ccccc2C)c(=O)cc1OCC(=O)Nc1ccc(F)cc1F. The van der Waals surface area contributed by atoms with Gasteiger partial charge in [0, 0.05) is 6.07 Å². The molecule has 0 aliphatic carbocycles. The van der Waals surface area contributed by atoms with Gasteiger partial charge in [-0.3, -0.25) is 9.59 Å². The molecule has 166 valence electrons. The molecule has 32 heavy (non-hydrogen) atoms. The highest BCUT2D eigenvalue weighted by molar-refractivity contribution is 5.93. The van der Waals surface area contributed by atoms with E-state index in [0.29, 0.717) is 11.8 Å². The summed E-state index contributed by atoms with van der Waals surface area (Å²) in [6.07, 6.45) is 0. The van der Waals surface area contributed by atoms with Crippen LogP contribution >= 0.6 is 0 Å². The molecule has 2 aromatic carbocycles. The molecule has 1 heterocycles. The molecule has 0 atom stereocenters. The second-order valence-corrected chi connectivity index (χ2v) is 6.58. The molecule has 1 N–H and O–H groups in total. The average molecular weight is 443 g/mol. The van der Waals surface area contributed by atoms with Gasteiger partial charge in [-0.1, -0.05) is 18.2 Å². The van der Waals surface area contributed by atoms with Crippen LogP contribution in [0.4, 0.5) is 14.5 Å². The Labute approximate surface area is 181 Å². The summed E-state index contributed by atoms with van der Waals surface area (Å²) in [6.45, 7) is 2.75. The molecule has 8 nitrogen and oxygen atoms in total. The van der Waals surface area contributed by atoms with Gasteiger partial charge in [0.2, 0.25) is 5.69 Å². The maximum atomic E-state index is 13.7. The van der Waals surface area contributed by atoms with Gasteiger partial charge in [-0.05, 0) is 37.6 Å². The molecule has 3 rings (SSSR count). The molecule has 1 amide bonds. The summed E-state index contributed by atoms with van der Waals surface area (Å²) in [5, 5.41) is 6.29. The molecule has 3 aromatic rings. The predicted octanol–water partition coefficient (Wildman–Crippen LogP) is 3.01. The fourth-order valence-corrected chi connectivity index (χ4v) is 2.79. The number of rotatable bonds is 7. The fraction of sp³-hybridized carbons (Fsp3) is 0.182. The number of anilines is 1. The molecule has 0 bridgehead atoms. The second kappa shape index (κ2) is 9.82. The van der Waals surface area contributed by atoms with E-state index in [0.717, 1.165) is 28.4 Å². The Balaban J connectivity index is 1.87. The normalized spacial score (nSPS) is 10.5. The van der Waals surface area contributed by atoms with Crippen molar-refractivity contribution in [2.45, 2.75) is 13.8 Å². The number of amides is 1. The molecule has 0 saturated heterocycles. The van der Waals surface area contributed by atoms with E-state index in [2.05, 4.69) is 10.4 Å². The number of nitrogens with one attached hydrogen (secondary N) is 1. The largest absolute Gasteiger partial charge is 0.481 e. The Morgan fingerprint density at radius 2 is 1.88 bits per heavy atom. The number of carbonyl (C=O) groups is 2. The predicted molar refractivity (Wildman–Crippen MR) is 111 cm³/mol. The summed E-state index contributed by atoms with van der Waals surface area (Å²) in [6, 6.07) is 10.6. The summed E-state index contributed by atoms with van der Waals surface area (Å²) in [5.41, 5.74) is 0.0342. The van der Waals surface area contributed by atoms with E-state index in [1.54, 1.807) is 38.1 Å². The third-order valence-electron chi connectivity index (χ3n) is 4.27. The number of hydrogen-bond donors (Lipinski definition) is 1. The Hall–Kier alpha value is -4.08.